The molecule has 234 valence electrons. The molecule has 1 amide bonds. The Hall–Kier alpha value is -4.98. The lowest BCUT2D eigenvalue weighted by Gasteiger charge is -2.17. The first-order chi connectivity index (χ1) is 22.7. The van der Waals surface area contributed by atoms with Crippen LogP contribution in [0.5, 0.6) is 0 Å². The van der Waals surface area contributed by atoms with Crippen LogP contribution in [0.2, 0.25) is 0 Å². The Morgan fingerprint density at radius 1 is 0.830 bits per heavy atom. The van der Waals surface area contributed by atoms with Crippen LogP contribution in [0.3, 0.4) is 0 Å². The molecular formula is C34H27N7O3S3. The lowest BCUT2D eigenvalue weighted by molar-refractivity contribution is -0.113. The first-order valence-corrected chi connectivity index (χ1v) is 17.1. The maximum Gasteiger partial charge on any atom is 0.281 e. The topological polar surface area (TPSA) is 105 Å². The van der Waals surface area contributed by atoms with Crippen molar-refractivity contribution in [3.05, 3.63) is 122 Å². The highest BCUT2D eigenvalue weighted by Gasteiger charge is 2.41. The molecule has 0 aliphatic carbocycles. The largest absolute Gasteiger partial charge is 0.292 e. The van der Waals surface area contributed by atoms with Gasteiger partial charge in [0.15, 0.2) is 16.0 Å². The minimum atomic E-state index is -0.291. The number of thioether (sulfide) groups is 2. The molecular weight excluding hydrogens is 651 g/mol. The Morgan fingerprint density at radius 3 is 2.15 bits per heavy atom. The number of carbonyl (C=O) groups is 2. The van der Waals surface area contributed by atoms with E-state index >= 15 is 0 Å². The number of aryl methyl sites for hydroxylation is 1. The van der Waals surface area contributed by atoms with Crippen molar-refractivity contribution in [2.75, 3.05) is 9.91 Å². The molecule has 0 saturated carbocycles. The van der Waals surface area contributed by atoms with E-state index in [0.717, 1.165) is 22.6 Å². The first kappa shape index (κ1) is 30.7. The van der Waals surface area contributed by atoms with Crippen LogP contribution < -0.4 is 15.5 Å². The van der Waals surface area contributed by atoms with Gasteiger partial charge in [-0.15, -0.1) is 11.3 Å². The molecule has 2 aliphatic heterocycles. The summed E-state index contributed by atoms with van der Waals surface area (Å²) in [5.74, 6) is -0.481. The SMILES string of the molecule is CC(=O)C1=NN(c2ccc(C)cc2)/C(=C2\S/C(=N/c3nc(-c4c(C)n(C)n(-c5ccccc5)c4=O)cs3)N(c3ccccc3)C2=O)S1. The molecule has 4 heterocycles. The molecule has 13 heteroatoms. The van der Waals surface area contributed by atoms with Crippen molar-refractivity contribution in [1.82, 2.24) is 14.3 Å². The number of amidine groups is 1. The first-order valence-electron chi connectivity index (χ1n) is 14.6. The number of anilines is 2. The number of aliphatic imine (C=N–C) groups is 1. The zero-order chi connectivity index (χ0) is 32.8. The summed E-state index contributed by atoms with van der Waals surface area (Å²) in [6.45, 7) is 5.34. The minimum Gasteiger partial charge on any atom is -0.292 e. The van der Waals surface area contributed by atoms with Crippen molar-refractivity contribution >= 4 is 73.3 Å². The highest BCUT2D eigenvalue weighted by atomic mass is 32.2. The molecule has 1 fully saturated rings. The number of nitrogens with zero attached hydrogens (tertiary/aromatic N) is 7. The number of carbonyl (C=O) groups excluding carboxylic acids is 2. The van der Waals surface area contributed by atoms with Crippen LogP contribution in [-0.4, -0.2) is 36.2 Å². The lowest BCUT2D eigenvalue weighted by atomic mass is 10.2. The Morgan fingerprint density at radius 2 is 1.49 bits per heavy atom. The second-order valence-corrected chi connectivity index (χ2v) is 13.6. The molecule has 0 unspecified atom stereocenters. The van der Waals surface area contributed by atoms with E-state index in [2.05, 4.69) is 5.10 Å². The number of amides is 1. The number of hydrazone groups is 1. The average molecular weight is 678 g/mol. The van der Waals surface area contributed by atoms with Gasteiger partial charge in [-0.25, -0.2) is 14.7 Å². The van der Waals surface area contributed by atoms with Crippen LogP contribution in [0, 0.1) is 13.8 Å². The van der Waals surface area contributed by atoms with Gasteiger partial charge < -0.3 is 0 Å². The summed E-state index contributed by atoms with van der Waals surface area (Å²) < 4.78 is 3.43. The van der Waals surface area contributed by atoms with E-state index < -0.39 is 0 Å². The van der Waals surface area contributed by atoms with Gasteiger partial charge in [0.25, 0.3) is 11.5 Å². The number of Topliss-reactive ketones (excluding diaryl/α,β-unsaturated/α-hetero) is 1. The van der Waals surface area contributed by atoms with Gasteiger partial charge in [-0.3, -0.25) is 24.0 Å². The molecule has 3 aromatic carbocycles. The maximum atomic E-state index is 14.2. The zero-order valence-electron chi connectivity index (χ0n) is 25.7. The number of para-hydroxylation sites is 2. The number of aromatic nitrogens is 3. The van der Waals surface area contributed by atoms with E-state index in [1.54, 1.807) is 14.6 Å². The van der Waals surface area contributed by atoms with Crippen molar-refractivity contribution in [2.24, 2.45) is 17.1 Å². The van der Waals surface area contributed by atoms with Crippen LogP contribution in [0.1, 0.15) is 18.2 Å². The Bertz CT molecular complexity index is 2200. The number of thiazole rings is 1. The Balaban J connectivity index is 1.31. The van der Waals surface area contributed by atoms with Crippen molar-refractivity contribution < 1.29 is 9.59 Å². The van der Waals surface area contributed by atoms with Gasteiger partial charge in [0.1, 0.15) is 9.93 Å². The fourth-order valence-electron chi connectivity index (χ4n) is 5.19. The number of ketones is 1. The fourth-order valence-corrected chi connectivity index (χ4v) is 7.99. The monoisotopic (exact) mass is 677 g/mol. The van der Waals surface area contributed by atoms with Crippen LogP contribution in [0.15, 0.2) is 115 Å². The fraction of sp³-hybridized carbons (Fsp3) is 0.118. The van der Waals surface area contributed by atoms with Crippen LogP contribution in [-0.2, 0) is 16.6 Å². The summed E-state index contributed by atoms with van der Waals surface area (Å²) in [5.41, 5.74) is 4.79. The molecule has 1 saturated heterocycles. The second-order valence-electron chi connectivity index (χ2n) is 10.8. The molecule has 7 rings (SSSR count). The van der Waals surface area contributed by atoms with Crippen LogP contribution in [0.4, 0.5) is 16.5 Å². The third-order valence-electron chi connectivity index (χ3n) is 7.64. The van der Waals surface area contributed by atoms with Crippen molar-refractivity contribution in [3.8, 4) is 16.9 Å². The Kier molecular flexibility index (Phi) is 8.04. The molecule has 2 aliphatic rings. The zero-order valence-corrected chi connectivity index (χ0v) is 28.2. The molecule has 0 atom stereocenters. The van der Waals surface area contributed by atoms with Gasteiger partial charge in [-0.2, -0.15) is 10.1 Å². The highest BCUT2D eigenvalue weighted by molar-refractivity contribution is 8.22. The average Bonchev–Trinajstić information content (AvgIpc) is 3.84. The summed E-state index contributed by atoms with van der Waals surface area (Å²) in [6.07, 6.45) is 0. The van der Waals surface area contributed by atoms with E-state index in [1.807, 2.05) is 116 Å². The molecule has 0 radical (unpaired) electrons. The predicted molar refractivity (Wildman–Crippen MR) is 192 cm³/mol. The van der Waals surface area contributed by atoms with E-state index in [0.29, 0.717) is 42.2 Å². The molecule has 10 nitrogen and oxygen atoms in total. The van der Waals surface area contributed by atoms with Crippen LogP contribution in [0.25, 0.3) is 16.9 Å². The number of benzene rings is 3. The highest BCUT2D eigenvalue weighted by Crippen LogP contribution is 2.46. The van der Waals surface area contributed by atoms with Crippen molar-refractivity contribution in [2.45, 2.75) is 20.8 Å². The summed E-state index contributed by atoms with van der Waals surface area (Å²) in [5, 5.41) is 9.65. The minimum absolute atomic E-state index is 0.181. The van der Waals surface area contributed by atoms with E-state index in [4.69, 9.17) is 9.98 Å². The van der Waals surface area contributed by atoms with E-state index in [1.165, 1.54) is 41.8 Å². The third-order valence-corrected chi connectivity index (χ3v) is 10.7. The van der Waals surface area contributed by atoms with Gasteiger partial charge in [0.05, 0.1) is 28.3 Å². The number of hydrogen-bond donors (Lipinski definition) is 0. The molecule has 5 aromatic rings. The number of rotatable bonds is 6. The van der Waals surface area contributed by atoms with E-state index in [-0.39, 0.29) is 17.2 Å². The quantitative estimate of drug-likeness (QED) is 0.178. The van der Waals surface area contributed by atoms with Crippen molar-refractivity contribution in [3.63, 3.8) is 0 Å². The lowest BCUT2D eigenvalue weighted by Crippen LogP contribution is -2.29. The summed E-state index contributed by atoms with van der Waals surface area (Å²) >= 11 is 3.66. The molecule has 0 N–H and O–H groups in total. The maximum absolute atomic E-state index is 14.2. The standard InChI is InChI=1S/C34H27N7O3S3/c1-20-15-17-24(18-16-20)40-32(47-29(37-40)22(3)42)28-31(44)39(23-11-7-5-8-12-23)34(46-28)36-33-35-26(19-45-33)27-21(2)38(4)41(30(27)43)25-13-9-6-10-14-25/h5-19H,1-4H3/b32-28+,36-34+. The molecule has 2 aromatic heterocycles. The normalized spacial score (nSPS) is 17.2. The summed E-state index contributed by atoms with van der Waals surface area (Å²) in [7, 11) is 1.84. The van der Waals surface area contributed by atoms with Crippen molar-refractivity contribution in [1.29, 1.82) is 0 Å². The number of hydrogen-bond acceptors (Lipinski definition) is 10. The van der Waals surface area contributed by atoms with Gasteiger partial charge in [-0.05, 0) is 73.8 Å². The second kappa shape index (κ2) is 12.3. The van der Waals surface area contributed by atoms with Gasteiger partial charge in [0, 0.05) is 25.0 Å². The van der Waals surface area contributed by atoms with E-state index in [9.17, 15) is 14.4 Å². The summed E-state index contributed by atoms with van der Waals surface area (Å²) in [6, 6.07) is 26.4. The third kappa shape index (κ3) is 5.56. The smallest absolute Gasteiger partial charge is 0.281 e. The molecule has 0 bridgehead atoms. The van der Waals surface area contributed by atoms with Crippen LogP contribution >= 0.6 is 34.9 Å². The van der Waals surface area contributed by atoms with Gasteiger partial charge in [-0.1, -0.05) is 54.1 Å². The predicted octanol–water partition coefficient (Wildman–Crippen LogP) is 7.01. The Labute approximate surface area is 282 Å². The van der Waals surface area contributed by atoms with Gasteiger partial charge >= 0.3 is 0 Å². The summed E-state index contributed by atoms with van der Waals surface area (Å²) in [4.78, 5) is 51.8. The molecule has 0 spiro atoms. The molecule has 47 heavy (non-hydrogen) atoms. The van der Waals surface area contributed by atoms with Gasteiger partial charge in [0.2, 0.25) is 5.13 Å².